The smallest absolute Gasteiger partial charge is 0.126 e. The van der Waals surface area contributed by atoms with Crippen LogP contribution < -0.4 is 10.6 Å². The lowest BCUT2D eigenvalue weighted by Gasteiger charge is -2.02. The van der Waals surface area contributed by atoms with Crippen molar-refractivity contribution in [2.45, 2.75) is 6.17 Å². The molecule has 0 saturated carbocycles. The Balaban J connectivity index is 2.33. The molecule has 0 saturated heterocycles. The van der Waals surface area contributed by atoms with Crippen molar-refractivity contribution in [2.75, 3.05) is 10.6 Å². The van der Waals surface area contributed by atoms with Crippen LogP contribution in [0, 0.1) is 0 Å². The van der Waals surface area contributed by atoms with Gasteiger partial charge in [0, 0.05) is 5.37 Å². The second-order valence-corrected chi connectivity index (χ2v) is 2.72. The van der Waals surface area contributed by atoms with E-state index in [9.17, 15) is 0 Å². The highest BCUT2D eigenvalue weighted by Crippen LogP contribution is 2.26. The molecule has 2 nitrogen and oxygen atoms in total. The zero-order valence-corrected chi connectivity index (χ0v) is 6.69. The fraction of sp³-hybridized carbons (Fsp3) is 0.125. The zero-order chi connectivity index (χ0) is 7.68. The van der Waals surface area contributed by atoms with E-state index in [-0.39, 0.29) is 6.17 Å². The normalized spacial score (nSPS) is 14.9. The molecule has 0 radical (unpaired) electrons. The number of thiocarbonyl (C=S) groups is 1. The Morgan fingerprint density at radius 1 is 1.18 bits per heavy atom. The van der Waals surface area contributed by atoms with Gasteiger partial charge in [-0.15, -0.1) is 0 Å². The van der Waals surface area contributed by atoms with Gasteiger partial charge in [0.2, 0.25) is 0 Å². The Morgan fingerprint density at radius 2 is 1.73 bits per heavy atom. The highest BCUT2D eigenvalue weighted by atomic mass is 32.1. The molecule has 0 spiro atoms. The molecule has 0 unspecified atom stereocenters. The second kappa shape index (κ2) is 2.51. The third kappa shape index (κ3) is 1.07. The molecule has 2 N–H and O–H groups in total. The zero-order valence-electron chi connectivity index (χ0n) is 5.87. The number of para-hydroxylation sites is 2. The van der Waals surface area contributed by atoms with Crippen LogP contribution in [-0.4, -0.2) is 11.5 Å². The maximum Gasteiger partial charge on any atom is 0.126 e. The SMILES string of the molecule is S=CC1Nc2ccccc2N1. The molecule has 1 aliphatic rings. The van der Waals surface area contributed by atoms with E-state index in [1.165, 1.54) is 0 Å². The van der Waals surface area contributed by atoms with Crippen molar-refractivity contribution in [1.29, 1.82) is 0 Å². The van der Waals surface area contributed by atoms with Crippen molar-refractivity contribution < 1.29 is 0 Å². The van der Waals surface area contributed by atoms with Gasteiger partial charge in [0.15, 0.2) is 0 Å². The Labute approximate surface area is 70.6 Å². The standard InChI is InChI=1S/C8H8N2S/c11-5-8-9-6-3-1-2-4-7(6)10-8/h1-5,8-10H. The molecular weight excluding hydrogens is 156 g/mol. The van der Waals surface area contributed by atoms with Crippen molar-refractivity contribution >= 4 is 29.0 Å². The molecule has 0 amide bonds. The number of hydrogen-bond donors (Lipinski definition) is 2. The molecule has 3 heteroatoms. The second-order valence-electron chi connectivity index (χ2n) is 2.45. The van der Waals surface area contributed by atoms with Crippen molar-refractivity contribution in [1.82, 2.24) is 0 Å². The average molecular weight is 164 g/mol. The Bertz CT molecular complexity index is 260. The molecule has 56 valence electrons. The number of rotatable bonds is 1. The molecule has 0 aliphatic carbocycles. The van der Waals surface area contributed by atoms with Crippen LogP contribution in [0.3, 0.4) is 0 Å². The largest absolute Gasteiger partial charge is 0.360 e. The van der Waals surface area contributed by atoms with E-state index in [0.29, 0.717) is 0 Å². The highest BCUT2D eigenvalue weighted by Gasteiger charge is 2.14. The van der Waals surface area contributed by atoms with E-state index in [0.717, 1.165) is 11.4 Å². The predicted octanol–water partition coefficient (Wildman–Crippen LogP) is 1.85. The lowest BCUT2D eigenvalue weighted by Crippen LogP contribution is -2.22. The van der Waals surface area contributed by atoms with Gasteiger partial charge in [-0.25, -0.2) is 0 Å². The molecule has 0 aromatic heterocycles. The third-order valence-corrected chi connectivity index (χ3v) is 1.96. The molecule has 0 bridgehead atoms. The van der Waals surface area contributed by atoms with Crippen LogP contribution in [0.25, 0.3) is 0 Å². The fourth-order valence-electron chi connectivity index (χ4n) is 1.17. The van der Waals surface area contributed by atoms with Gasteiger partial charge in [-0.3, -0.25) is 0 Å². The van der Waals surface area contributed by atoms with Gasteiger partial charge in [0.1, 0.15) is 6.17 Å². The third-order valence-electron chi connectivity index (χ3n) is 1.69. The Kier molecular flexibility index (Phi) is 1.51. The molecule has 0 fully saturated rings. The number of anilines is 2. The number of fused-ring (bicyclic) bond motifs is 1. The molecule has 2 rings (SSSR count). The first-order valence-corrected chi connectivity index (χ1v) is 3.95. The summed E-state index contributed by atoms with van der Waals surface area (Å²) in [5, 5.41) is 8.11. The van der Waals surface area contributed by atoms with Crippen LogP contribution in [0.1, 0.15) is 0 Å². The van der Waals surface area contributed by atoms with E-state index in [2.05, 4.69) is 10.6 Å². The quantitative estimate of drug-likeness (QED) is 0.619. The summed E-state index contributed by atoms with van der Waals surface area (Å²) in [6, 6.07) is 8.06. The summed E-state index contributed by atoms with van der Waals surface area (Å²) in [5.74, 6) is 0. The summed E-state index contributed by atoms with van der Waals surface area (Å²) >= 11 is 4.81. The van der Waals surface area contributed by atoms with Crippen molar-refractivity contribution in [3.8, 4) is 0 Å². The van der Waals surface area contributed by atoms with Crippen LogP contribution in [0.5, 0.6) is 0 Å². The minimum atomic E-state index is 0.113. The van der Waals surface area contributed by atoms with Gasteiger partial charge in [-0.05, 0) is 12.1 Å². The summed E-state index contributed by atoms with van der Waals surface area (Å²) in [4.78, 5) is 0. The van der Waals surface area contributed by atoms with Crippen LogP contribution in [0.15, 0.2) is 24.3 Å². The number of hydrogen-bond acceptors (Lipinski definition) is 3. The van der Waals surface area contributed by atoms with Crippen molar-refractivity contribution in [3.63, 3.8) is 0 Å². The van der Waals surface area contributed by atoms with Gasteiger partial charge in [0.25, 0.3) is 0 Å². The van der Waals surface area contributed by atoms with Crippen LogP contribution in [0.2, 0.25) is 0 Å². The van der Waals surface area contributed by atoms with Gasteiger partial charge in [-0.1, -0.05) is 24.4 Å². The Morgan fingerprint density at radius 3 is 2.18 bits per heavy atom. The molecule has 1 aromatic rings. The maximum atomic E-state index is 4.81. The van der Waals surface area contributed by atoms with Crippen molar-refractivity contribution in [3.05, 3.63) is 24.3 Å². The minimum absolute atomic E-state index is 0.113. The van der Waals surface area contributed by atoms with Gasteiger partial charge < -0.3 is 10.6 Å². The van der Waals surface area contributed by atoms with E-state index in [1.54, 1.807) is 5.37 Å². The summed E-state index contributed by atoms with van der Waals surface area (Å²) in [6.07, 6.45) is 0.113. The van der Waals surface area contributed by atoms with Gasteiger partial charge in [-0.2, -0.15) is 0 Å². The fourth-order valence-corrected chi connectivity index (χ4v) is 1.31. The highest BCUT2D eigenvalue weighted by molar-refractivity contribution is 7.79. The first-order chi connectivity index (χ1) is 5.40. The molecule has 1 aliphatic heterocycles. The summed E-state index contributed by atoms with van der Waals surface area (Å²) in [7, 11) is 0. The lowest BCUT2D eigenvalue weighted by molar-refractivity contribution is 1.17. The summed E-state index contributed by atoms with van der Waals surface area (Å²) in [6.45, 7) is 0. The number of benzene rings is 1. The molecule has 1 heterocycles. The van der Waals surface area contributed by atoms with Crippen LogP contribution >= 0.6 is 12.2 Å². The van der Waals surface area contributed by atoms with E-state index in [1.807, 2.05) is 24.3 Å². The summed E-state index contributed by atoms with van der Waals surface area (Å²) in [5.41, 5.74) is 2.25. The molecule has 0 atom stereocenters. The van der Waals surface area contributed by atoms with E-state index < -0.39 is 0 Å². The first kappa shape index (κ1) is 6.61. The van der Waals surface area contributed by atoms with Crippen LogP contribution in [0.4, 0.5) is 11.4 Å². The maximum absolute atomic E-state index is 4.81. The van der Waals surface area contributed by atoms with Crippen LogP contribution in [-0.2, 0) is 0 Å². The average Bonchev–Trinajstić information content (AvgIpc) is 2.46. The predicted molar refractivity (Wildman–Crippen MR) is 51.1 cm³/mol. The molecule has 1 aromatic carbocycles. The van der Waals surface area contributed by atoms with Gasteiger partial charge in [0.05, 0.1) is 11.4 Å². The monoisotopic (exact) mass is 164 g/mol. The van der Waals surface area contributed by atoms with Crippen molar-refractivity contribution in [2.24, 2.45) is 0 Å². The first-order valence-electron chi connectivity index (χ1n) is 3.47. The van der Waals surface area contributed by atoms with E-state index in [4.69, 9.17) is 12.2 Å². The van der Waals surface area contributed by atoms with E-state index >= 15 is 0 Å². The molecular formula is C8H8N2S. The topological polar surface area (TPSA) is 24.1 Å². The van der Waals surface area contributed by atoms with Gasteiger partial charge >= 0.3 is 0 Å². The Hall–Kier alpha value is -1.09. The minimum Gasteiger partial charge on any atom is -0.360 e. The molecule has 11 heavy (non-hydrogen) atoms. The number of nitrogens with one attached hydrogen (secondary N) is 2. The summed E-state index contributed by atoms with van der Waals surface area (Å²) < 4.78 is 0. The lowest BCUT2D eigenvalue weighted by atomic mass is 10.3.